The molecule has 0 saturated heterocycles. The smallest absolute Gasteiger partial charge is 0.371 e. The Morgan fingerprint density at radius 2 is 1.04 bits per heavy atom. The molecular weight excluding hydrogens is 373 g/mol. The van der Waals surface area contributed by atoms with Gasteiger partial charge in [-0.1, -0.05) is 67.6 Å². The van der Waals surface area contributed by atoms with Crippen molar-refractivity contribution in [2.24, 2.45) is 5.73 Å². The summed E-state index contributed by atoms with van der Waals surface area (Å²) in [6, 6.07) is 21.0. The van der Waals surface area contributed by atoms with Gasteiger partial charge in [-0.15, -0.1) is 0 Å². The minimum atomic E-state index is -1.40. The number of benzene rings is 2. The molecule has 2 rings (SSSR count). The highest BCUT2D eigenvalue weighted by atomic mass is 31.1. The van der Waals surface area contributed by atoms with Crippen molar-refractivity contribution in [3.63, 3.8) is 0 Å². The zero-order valence-corrected chi connectivity index (χ0v) is 19.0. The lowest BCUT2D eigenvalue weighted by Gasteiger charge is -2.10. The Morgan fingerprint density at radius 1 is 0.704 bits per heavy atom. The molecule has 0 spiro atoms. The Morgan fingerprint density at radius 3 is 1.30 bits per heavy atom. The van der Waals surface area contributed by atoms with Crippen LogP contribution in [0.2, 0.25) is 0 Å². The summed E-state index contributed by atoms with van der Waals surface area (Å²) in [5, 5.41) is 2.68. The second-order valence-corrected chi connectivity index (χ2v) is 7.74. The van der Waals surface area contributed by atoms with Crippen molar-refractivity contribution in [2.75, 3.05) is 26.4 Å². The van der Waals surface area contributed by atoms with E-state index >= 15 is 0 Å². The fourth-order valence-corrected chi connectivity index (χ4v) is 3.53. The Labute approximate surface area is 169 Å². The van der Waals surface area contributed by atoms with Crippen LogP contribution in [0.15, 0.2) is 60.7 Å². The van der Waals surface area contributed by atoms with E-state index in [1.54, 1.807) is 0 Å². The van der Waals surface area contributed by atoms with Crippen LogP contribution < -0.4 is 16.3 Å². The van der Waals surface area contributed by atoms with E-state index in [0.717, 1.165) is 13.0 Å². The Bertz CT molecular complexity index is 478. The van der Waals surface area contributed by atoms with Crippen LogP contribution >= 0.6 is 8.58 Å². The van der Waals surface area contributed by atoms with Crippen LogP contribution in [-0.2, 0) is 13.3 Å². The molecule has 0 heterocycles. The van der Waals surface area contributed by atoms with E-state index in [1.165, 1.54) is 19.2 Å². The third kappa shape index (κ3) is 15.7. The second kappa shape index (κ2) is 19.7. The van der Waals surface area contributed by atoms with E-state index in [-0.39, 0.29) is 0 Å². The van der Waals surface area contributed by atoms with Crippen molar-refractivity contribution >= 4 is 28.7 Å². The second-order valence-electron chi connectivity index (χ2n) is 5.12. The molecule has 2 aromatic rings. The molecule has 0 fully saturated rings. The molecule has 0 aliphatic carbocycles. The molecule has 6 heteroatoms. The van der Waals surface area contributed by atoms with E-state index < -0.39 is 9.53 Å². The van der Waals surface area contributed by atoms with Gasteiger partial charge in [0.2, 0.25) is 0 Å². The highest BCUT2D eigenvalue weighted by molar-refractivity contribution is 7.55. The van der Waals surface area contributed by atoms with Crippen LogP contribution in [0.1, 0.15) is 34.1 Å². The van der Waals surface area contributed by atoms with Gasteiger partial charge in [0.15, 0.2) is 0 Å². The minimum absolute atomic E-state index is 0.661. The van der Waals surface area contributed by atoms with Gasteiger partial charge in [0.05, 0.1) is 0 Å². The molecule has 0 unspecified atom stereocenters. The topological polar surface area (TPSA) is 53.7 Å². The maximum atomic E-state index is 5.18. The summed E-state index contributed by atoms with van der Waals surface area (Å²) in [6.07, 6.45) is 1.10. The molecule has 0 amide bonds. The van der Waals surface area contributed by atoms with Crippen LogP contribution in [0, 0.1) is 0 Å². The number of hydrogen-bond donors (Lipinski definition) is 1. The Hall–Kier alpha value is -1.07. The molecule has 0 aromatic heterocycles. The van der Waals surface area contributed by atoms with Crippen molar-refractivity contribution in [3.05, 3.63) is 60.7 Å². The molecule has 2 aromatic carbocycles. The van der Waals surface area contributed by atoms with Crippen molar-refractivity contribution in [2.45, 2.75) is 34.1 Å². The van der Waals surface area contributed by atoms with Crippen LogP contribution in [0.4, 0.5) is 0 Å². The first-order valence-electron chi connectivity index (χ1n) is 9.48. The lowest BCUT2D eigenvalue weighted by molar-refractivity contribution is 0.107. The molecular formula is C21H34NO3PSi. The van der Waals surface area contributed by atoms with Crippen LogP contribution in [0.3, 0.4) is 0 Å². The summed E-state index contributed by atoms with van der Waals surface area (Å²) in [5.74, 6) is 0. The van der Waals surface area contributed by atoms with Gasteiger partial charge in [-0.25, -0.2) is 0 Å². The van der Waals surface area contributed by atoms with E-state index in [4.69, 9.17) is 19.0 Å². The molecule has 0 bridgehead atoms. The fraction of sp³-hybridized carbons (Fsp3) is 0.429. The monoisotopic (exact) mass is 407 g/mol. The summed E-state index contributed by atoms with van der Waals surface area (Å²) in [5.41, 5.74) is 5.03. The Kier molecular flexibility index (Phi) is 18.9. The lowest BCUT2D eigenvalue weighted by Crippen LogP contribution is -2.27. The van der Waals surface area contributed by atoms with Crippen molar-refractivity contribution < 1.29 is 13.3 Å². The molecule has 2 N–H and O–H groups in total. The average Bonchev–Trinajstić information content (AvgIpc) is 2.71. The quantitative estimate of drug-likeness (QED) is 0.504. The van der Waals surface area contributed by atoms with Gasteiger partial charge in [0, 0.05) is 19.8 Å². The zero-order chi connectivity index (χ0) is 20.2. The van der Waals surface area contributed by atoms with Gasteiger partial charge in [0.1, 0.15) is 0 Å². The van der Waals surface area contributed by atoms with Gasteiger partial charge in [-0.05, 0) is 52.9 Å². The van der Waals surface area contributed by atoms with Gasteiger partial charge < -0.3 is 19.0 Å². The first-order chi connectivity index (χ1) is 13.2. The van der Waals surface area contributed by atoms with Crippen molar-refractivity contribution in [3.8, 4) is 0 Å². The predicted molar refractivity (Wildman–Crippen MR) is 119 cm³/mol. The van der Waals surface area contributed by atoms with E-state index in [1.807, 2.05) is 32.9 Å². The number of hydrogen-bond acceptors (Lipinski definition) is 4. The molecule has 0 atom stereocenters. The summed E-state index contributed by atoms with van der Waals surface area (Å²) >= 11 is 0. The van der Waals surface area contributed by atoms with Crippen LogP contribution in [0.25, 0.3) is 0 Å². The molecule has 0 saturated carbocycles. The molecule has 27 heavy (non-hydrogen) atoms. The molecule has 0 aliphatic rings. The number of nitrogens with two attached hydrogens (primary N) is 1. The third-order valence-corrected chi connectivity index (χ3v) is 5.53. The molecule has 0 aliphatic heterocycles. The van der Waals surface area contributed by atoms with Gasteiger partial charge in [-0.2, -0.15) is 0 Å². The number of rotatable bonds is 9. The van der Waals surface area contributed by atoms with Crippen molar-refractivity contribution in [1.29, 1.82) is 0 Å². The summed E-state index contributed by atoms with van der Waals surface area (Å²) in [4.78, 5) is 0. The van der Waals surface area contributed by atoms with Crippen LogP contribution in [-0.4, -0.2) is 35.9 Å². The first kappa shape index (κ1) is 25.9. The van der Waals surface area contributed by atoms with Crippen LogP contribution in [0.5, 0.6) is 0 Å². The normalized spacial score (nSPS) is 9.85. The lowest BCUT2D eigenvalue weighted by atomic mass is 10.4. The summed E-state index contributed by atoms with van der Waals surface area (Å²) in [6.45, 7) is 10.7. The largest absolute Gasteiger partial charge is 0.577 e. The van der Waals surface area contributed by atoms with E-state index in [2.05, 4.69) is 55.5 Å². The third-order valence-electron chi connectivity index (χ3n) is 2.85. The maximum Gasteiger partial charge on any atom is 0.577 e. The van der Waals surface area contributed by atoms with Gasteiger partial charge in [-0.3, -0.25) is 0 Å². The standard InChI is InChI=1S/C12H10P.C6H15O3Si.C3H9N/c1-3-7-11(8-4-1)13-12-9-5-2-6-10-12;1-4-7-10(8-5-2)9-6-3;1-2-3-4/h1-10H;4-6H2,1-3H3;2-4H2,1H3. The summed E-state index contributed by atoms with van der Waals surface area (Å²) in [7, 11) is -0.115. The first-order valence-corrected chi connectivity index (χ1v) is 11.6. The predicted octanol–water partition coefficient (Wildman–Crippen LogP) is 4.02. The molecule has 4 nitrogen and oxygen atoms in total. The van der Waals surface area contributed by atoms with Gasteiger partial charge >= 0.3 is 9.53 Å². The highest BCUT2D eigenvalue weighted by Crippen LogP contribution is 2.08. The van der Waals surface area contributed by atoms with E-state index in [0.29, 0.717) is 19.8 Å². The maximum absolute atomic E-state index is 5.18. The molecule has 150 valence electrons. The Balaban J connectivity index is 0.000000432. The zero-order valence-electron chi connectivity index (χ0n) is 17.1. The average molecular weight is 408 g/mol. The van der Waals surface area contributed by atoms with Gasteiger partial charge in [0.25, 0.3) is 0 Å². The fourth-order valence-electron chi connectivity index (χ4n) is 1.63. The van der Waals surface area contributed by atoms with E-state index in [9.17, 15) is 0 Å². The SMILES string of the molecule is CCCN.CCO[Si](OCC)OCC.c1ccc([P]c2ccccc2)cc1. The molecule has 2 radical (unpaired) electrons. The van der Waals surface area contributed by atoms with Crippen molar-refractivity contribution in [1.82, 2.24) is 0 Å². The highest BCUT2D eigenvalue weighted by Gasteiger charge is 2.15. The minimum Gasteiger partial charge on any atom is -0.371 e. The summed E-state index contributed by atoms with van der Waals surface area (Å²) < 4.78 is 15.5.